The molecule has 1 aromatic rings. The summed E-state index contributed by atoms with van der Waals surface area (Å²) in [5.74, 6) is 0.682. The van der Waals surface area contributed by atoms with Gasteiger partial charge in [0.1, 0.15) is 0 Å². The Labute approximate surface area is 114 Å². The standard InChI is InChI=1S/C14H20N2O2S/c1-10(15)14-9-13(19(17,18)16-2)8-7-12(14)6-5-11-3-4-11/h5-11,16H,3-4,15H2,1-2H3/b6-5+/t10-/m0/s1. The Morgan fingerprint density at radius 3 is 2.63 bits per heavy atom. The molecular formula is C14H20N2O2S. The topological polar surface area (TPSA) is 72.2 Å². The highest BCUT2D eigenvalue weighted by molar-refractivity contribution is 7.89. The number of rotatable bonds is 5. The van der Waals surface area contributed by atoms with Gasteiger partial charge in [-0.2, -0.15) is 0 Å². The van der Waals surface area contributed by atoms with Crippen molar-refractivity contribution >= 4 is 16.1 Å². The van der Waals surface area contributed by atoms with Crippen molar-refractivity contribution < 1.29 is 8.42 Å². The van der Waals surface area contributed by atoms with Crippen LogP contribution in [0.5, 0.6) is 0 Å². The number of benzene rings is 1. The Hall–Kier alpha value is -1.17. The molecule has 1 aromatic carbocycles. The van der Waals surface area contributed by atoms with Crippen LogP contribution in [0.15, 0.2) is 29.2 Å². The first-order valence-corrected chi connectivity index (χ1v) is 7.93. The highest BCUT2D eigenvalue weighted by Crippen LogP contribution is 2.31. The molecule has 19 heavy (non-hydrogen) atoms. The van der Waals surface area contributed by atoms with Crippen LogP contribution in [0.25, 0.3) is 6.08 Å². The maximum Gasteiger partial charge on any atom is 0.240 e. The summed E-state index contributed by atoms with van der Waals surface area (Å²) in [5.41, 5.74) is 7.79. The van der Waals surface area contributed by atoms with Crippen LogP contribution >= 0.6 is 0 Å². The number of sulfonamides is 1. The number of nitrogens with one attached hydrogen (secondary N) is 1. The quantitative estimate of drug-likeness (QED) is 0.867. The second-order valence-electron chi connectivity index (χ2n) is 4.98. The number of hydrogen-bond acceptors (Lipinski definition) is 3. The van der Waals surface area contributed by atoms with Gasteiger partial charge in [0.2, 0.25) is 10.0 Å². The van der Waals surface area contributed by atoms with E-state index in [1.807, 2.05) is 19.1 Å². The Morgan fingerprint density at radius 2 is 2.11 bits per heavy atom. The van der Waals surface area contributed by atoms with Gasteiger partial charge in [0.05, 0.1) is 4.90 Å². The van der Waals surface area contributed by atoms with Gasteiger partial charge in [0, 0.05) is 6.04 Å². The molecule has 0 unspecified atom stereocenters. The van der Waals surface area contributed by atoms with Crippen molar-refractivity contribution in [3.05, 3.63) is 35.4 Å². The van der Waals surface area contributed by atoms with Gasteiger partial charge in [-0.25, -0.2) is 13.1 Å². The first kappa shape index (κ1) is 14.2. The van der Waals surface area contributed by atoms with E-state index in [1.54, 1.807) is 12.1 Å². The van der Waals surface area contributed by atoms with Crippen LogP contribution in [0.4, 0.5) is 0 Å². The molecule has 1 saturated carbocycles. The third kappa shape index (κ3) is 3.43. The molecule has 4 nitrogen and oxygen atoms in total. The van der Waals surface area contributed by atoms with Crippen LogP contribution in [0.3, 0.4) is 0 Å². The molecule has 1 aliphatic carbocycles. The molecule has 104 valence electrons. The lowest BCUT2D eigenvalue weighted by Crippen LogP contribution is -2.19. The molecule has 0 amide bonds. The minimum absolute atomic E-state index is 0.203. The van der Waals surface area contributed by atoms with E-state index in [0.717, 1.165) is 11.1 Å². The van der Waals surface area contributed by atoms with E-state index >= 15 is 0 Å². The van der Waals surface area contributed by atoms with Crippen LogP contribution in [-0.2, 0) is 10.0 Å². The zero-order valence-corrected chi connectivity index (χ0v) is 12.1. The molecule has 1 atom stereocenters. The fraction of sp³-hybridized carbons (Fsp3) is 0.429. The Bertz CT molecular complexity index is 587. The second-order valence-corrected chi connectivity index (χ2v) is 6.87. The van der Waals surface area contributed by atoms with Gasteiger partial charge in [-0.1, -0.05) is 18.2 Å². The summed E-state index contributed by atoms with van der Waals surface area (Å²) in [6.07, 6.45) is 6.71. The number of allylic oxidation sites excluding steroid dienone is 1. The second kappa shape index (κ2) is 5.45. The molecule has 1 aliphatic rings. The summed E-state index contributed by atoms with van der Waals surface area (Å²) in [4.78, 5) is 0.255. The van der Waals surface area contributed by atoms with Crippen molar-refractivity contribution in [2.45, 2.75) is 30.7 Å². The molecule has 0 aliphatic heterocycles. The minimum atomic E-state index is -3.42. The van der Waals surface area contributed by atoms with E-state index in [-0.39, 0.29) is 10.9 Å². The molecule has 1 fully saturated rings. The Balaban J connectivity index is 2.40. The molecule has 0 radical (unpaired) electrons. The normalized spacial score (nSPS) is 17.8. The van der Waals surface area contributed by atoms with Crippen LogP contribution in [0, 0.1) is 5.92 Å². The lowest BCUT2D eigenvalue weighted by Gasteiger charge is -2.12. The third-order valence-corrected chi connectivity index (χ3v) is 4.71. The van der Waals surface area contributed by atoms with Crippen LogP contribution in [0.2, 0.25) is 0 Å². The lowest BCUT2D eigenvalue weighted by atomic mass is 10.0. The van der Waals surface area contributed by atoms with Gasteiger partial charge < -0.3 is 5.73 Å². The molecule has 0 aromatic heterocycles. The van der Waals surface area contributed by atoms with Crippen molar-refractivity contribution in [3.8, 4) is 0 Å². The summed E-state index contributed by atoms with van der Waals surface area (Å²) in [5, 5.41) is 0. The molecule has 2 rings (SSSR count). The zero-order valence-electron chi connectivity index (χ0n) is 11.3. The van der Waals surface area contributed by atoms with E-state index < -0.39 is 10.0 Å². The number of nitrogens with two attached hydrogens (primary N) is 1. The minimum Gasteiger partial charge on any atom is -0.324 e. The maximum atomic E-state index is 11.8. The van der Waals surface area contributed by atoms with Crippen LogP contribution < -0.4 is 10.5 Å². The van der Waals surface area contributed by atoms with E-state index in [4.69, 9.17) is 5.73 Å². The van der Waals surface area contributed by atoms with Crippen molar-refractivity contribution in [2.24, 2.45) is 11.7 Å². The van der Waals surface area contributed by atoms with Crippen LogP contribution in [0.1, 0.15) is 36.9 Å². The van der Waals surface area contributed by atoms with Gasteiger partial charge >= 0.3 is 0 Å². The van der Waals surface area contributed by atoms with Crippen molar-refractivity contribution in [2.75, 3.05) is 7.05 Å². The highest BCUT2D eigenvalue weighted by Gasteiger charge is 2.18. The molecule has 0 heterocycles. The van der Waals surface area contributed by atoms with Gasteiger partial charge in [0.25, 0.3) is 0 Å². The monoisotopic (exact) mass is 280 g/mol. The predicted octanol–water partition coefficient (Wildman–Crippen LogP) is 2.04. The summed E-state index contributed by atoms with van der Waals surface area (Å²) in [6, 6.07) is 4.89. The summed E-state index contributed by atoms with van der Waals surface area (Å²) >= 11 is 0. The van der Waals surface area contributed by atoms with E-state index in [2.05, 4.69) is 10.8 Å². The van der Waals surface area contributed by atoms with Gasteiger partial charge in [-0.05, 0) is 56.0 Å². The van der Waals surface area contributed by atoms with Gasteiger partial charge in [-0.15, -0.1) is 0 Å². The summed E-state index contributed by atoms with van der Waals surface area (Å²) in [6.45, 7) is 1.86. The highest BCUT2D eigenvalue weighted by atomic mass is 32.2. The van der Waals surface area contributed by atoms with Gasteiger partial charge in [0.15, 0.2) is 0 Å². The van der Waals surface area contributed by atoms with E-state index in [9.17, 15) is 8.42 Å². The molecular weight excluding hydrogens is 260 g/mol. The fourth-order valence-electron chi connectivity index (χ4n) is 1.91. The van der Waals surface area contributed by atoms with Crippen molar-refractivity contribution in [1.82, 2.24) is 4.72 Å². The summed E-state index contributed by atoms with van der Waals surface area (Å²) in [7, 11) is -2.01. The van der Waals surface area contributed by atoms with E-state index in [0.29, 0.717) is 5.92 Å². The fourth-order valence-corrected chi connectivity index (χ4v) is 2.68. The predicted molar refractivity (Wildman–Crippen MR) is 77.0 cm³/mol. The lowest BCUT2D eigenvalue weighted by molar-refractivity contribution is 0.588. The van der Waals surface area contributed by atoms with Crippen LogP contribution in [-0.4, -0.2) is 15.5 Å². The summed E-state index contributed by atoms with van der Waals surface area (Å²) < 4.78 is 25.9. The zero-order chi connectivity index (χ0) is 14.0. The molecule has 0 spiro atoms. The molecule has 3 N–H and O–H groups in total. The first-order chi connectivity index (χ1) is 8.94. The van der Waals surface area contributed by atoms with Gasteiger partial charge in [-0.3, -0.25) is 0 Å². The molecule has 0 bridgehead atoms. The SMILES string of the molecule is CNS(=O)(=O)c1ccc(/C=C/C2CC2)c([C@H](C)N)c1. The molecule has 5 heteroatoms. The smallest absolute Gasteiger partial charge is 0.240 e. The first-order valence-electron chi connectivity index (χ1n) is 6.45. The maximum absolute atomic E-state index is 11.8. The average molecular weight is 280 g/mol. The largest absolute Gasteiger partial charge is 0.324 e. The van der Waals surface area contributed by atoms with E-state index in [1.165, 1.54) is 19.9 Å². The Kier molecular flexibility index (Phi) is 4.08. The average Bonchev–Trinajstić information content (AvgIpc) is 3.20. The van der Waals surface area contributed by atoms with Crippen molar-refractivity contribution in [1.29, 1.82) is 0 Å². The van der Waals surface area contributed by atoms with Crippen molar-refractivity contribution in [3.63, 3.8) is 0 Å². The molecule has 0 saturated heterocycles. The Morgan fingerprint density at radius 1 is 1.42 bits per heavy atom. The number of hydrogen-bond donors (Lipinski definition) is 2. The third-order valence-electron chi connectivity index (χ3n) is 3.30.